The van der Waals surface area contributed by atoms with Crippen LogP contribution in [0, 0.1) is 22.0 Å². The second kappa shape index (κ2) is 4.68. The third kappa shape index (κ3) is 2.25. The molecule has 0 amide bonds. The molecule has 0 spiro atoms. The van der Waals surface area contributed by atoms with E-state index in [0.717, 1.165) is 13.1 Å². The largest absolute Gasteiger partial charge is 0.357 e. The van der Waals surface area contributed by atoms with Crippen LogP contribution in [0.3, 0.4) is 0 Å². The third-order valence-corrected chi connectivity index (χ3v) is 4.80. The van der Waals surface area contributed by atoms with Gasteiger partial charge in [0.05, 0.1) is 9.80 Å². The van der Waals surface area contributed by atoms with Crippen molar-refractivity contribution in [2.45, 2.75) is 20.8 Å². The van der Waals surface area contributed by atoms with E-state index in [-0.39, 0.29) is 11.5 Å². The summed E-state index contributed by atoms with van der Waals surface area (Å²) in [5.74, 6) is 0.926. The van der Waals surface area contributed by atoms with Crippen LogP contribution < -0.4 is 4.90 Å². The molecule has 2 rings (SSSR count). The minimum Gasteiger partial charge on any atom is -0.357 e. The average molecular weight is 268 g/mol. The number of Topliss-reactive ketones (excluding diaryl/α,β-unsaturated/α-hetero) is 1. The molecular weight excluding hydrogens is 252 g/mol. The highest BCUT2D eigenvalue weighted by Crippen LogP contribution is 2.41. The van der Waals surface area contributed by atoms with Crippen LogP contribution in [0.2, 0.25) is 0 Å². The molecule has 0 aromatic carbocycles. The summed E-state index contributed by atoms with van der Waals surface area (Å²) in [5, 5.41) is 11.7. The smallest absolute Gasteiger partial charge is 0.304 e. The predicted molar refractivity (Wildman–Crippen MR) is 71.5 cm³/mol. The third-order valence-electron chi connectivity index (χ3n) is 3.51. The van der Waals surface area contributed by atoms with Crippen molar-refractivity contribution < 1.29 is 9.72 Å². The van der Waals surface area contributed by atoms with Gasteiger partial charge in [-0.15, -0.1) is 11.3 Å². The summed E-state index contributed by atoms with van der Waals surface area (Å²) in [5.41, 5.74) is 0.0616. The lowest BCUT2D eigenvalue weighted by Crippen LogP contribution is -2.19. The number of thiophene rings is 1. The molecule has 1 aromatic heterocycles. The van der Waals surface area contributed by atoms with Gasteiger partial charge in [0.15, 0.2) is 10.8 Å². The van der Waals surface area contributed by atoms with Crippen LogP contribution in [0.5, 0.6) is 0 Å². The highest BCUT2D eigenvalue weighted by Gasteiger charge is 2.32. The number of hydrogen-bond donors (Lipinski definition) is 0. The van der Waals surface area contributed by atoms with Gasteiger partial charge in [0.1, 0.15) is 0 Å². The minimum atomic E-state index is -0.397. The van der Waals surface area contributed by atoms with Crippen molar-refractivity contribution in [2.75, 3.05) is 18.0 Å². The molecule has 0 N–H and O–H groups in total. The van der Waals surface area contributed by atoms with Crippen molar-refractivity contribution in [1.82, 2.24) is 0 Å². The summed E-state index contributed by atoms with van der Waals surface area (Å²) in [7, 11) is 0. The first-order chi connectivity index (χ1) is 8.40. The van der Waals surface area contributed by atoms with Crippen LogP contribution >= 0.6 is 11.3 Å². The predicted octanol–water partition coefficient (Wildman–Crippen LogP) is 2.95. The molecule has 1 aliphatic heterocycles. The van der Waals surface area contributed by atoms with Gasteiger partial charge in [-0.2, -0.15) is 0 Å². The molecule has 0 aliphatic carbocycles. The van der Waals surface area contributed by atoms with Gasteiger partial charge in [0.2, 0.25) is 0 Å². The zero-order valence-corrected chi connectivity index (χ0v) is 11.5. The summed E-state index contributed by atoms with van der Waals surface area (Å²) in [6, 6.07) is 1.40. The zero-order valence-electron chi connectivity index (χ0n) is 10.7. The topological polar surface area (TPSA) is 63.4 Å². The van der Waals surface area contributed by atoms with Gasteiger partial charge < -0.3 is 4.90 Å². The number of hydrogen-bond acceptors (Lipinski definition) is 5. The molecule has 0 radical (unpaired) electrons. The van der Waals surface area contributed by atoms with Crippen LogP contribution in [0.1, 0.15) is 30.4 Å². The Hall–Kier alpha value is -1.43. The Bertz CT molecular complexity index is 488. The molecule has 6 heteroatoms. The molecule has 5 nitrogen and oxygen atoms in total. The summed E-state index contributed by atoms with van der Waals surface area (Å²) in [6.07, 6.45) is 0. The van der Waals surface area contributed by atoms with Gasteiger partial charge >= 0.3 is 5.69 Å². The maximum atomic E-state index is 11.3. The highest BCUT2D eigenvalue weighted by atomic mass is 32.1. The number of nitrogens with zero attached hydrogens (tertiary/aromatic N) is 2. The van der Waals surface area contributed by atoms with E-state index in [0.29, 0.717) is 21.7 Å². The number of carbonyl (C=O) groups excluding carboxylic acids is 1. The van der Waals surface area contributed by atoms with E-state index in [1.54, 1.807) is 0 Å². The zero-order chi connectivity index (χ0) is 13.4. The minimum absolute atomic E-state index is 0.0616. The van der Waals surface area contributed by atoms with Gasteiger partial charge in [0, 0.05) is 19.2 Å². The number of rotatable bonds is 3. The lowest BCUT2D eigenvalue weighted by atomic mass is 10.0. The Labute approximate surface area is 110 Å². The Morgan fingerprint density at radius 2 is 2.00 bits per heavy atom. The van der Waals surface area contributed by atoms with E-state index in [9.17, 15) is 14.9 Å². The van der Waals surface area contributed by atoms with E-state index >= 15 is 0 Å². The first-order valence-electron chi connectivity index (χ1n) is 5.94. The Morgan fingerprint density at radius 1 is 1.44 bits per heavy atom. The normalized spacial score (nSPS) is 23.4. The molecule has 2 atom stereocenters. The molecular formula is C12H16N2O3S. The fourth-order valence-corrected chi connectivity index (χ4v) is 3.24. The van der Waals surface area contributed by atoms with Gasteiger partial charge in [-0.3, -0.25) is 14.9 Å². The van der Waals surface area contributed by atoms with Crippen molar-refractivity contribution in [3.8, 4) is 0 Å². The number of carbonyl (C=O) groups is 1. The van der Waals surface area contributed by atoms with Crippen molar-refractivity contribution in [2.24, 2.45) is 11.8 Å². The van der Waals surface area contributed by atoms with Crippen LogP contribution in [-0.4, -0.2) is 23.8 Å². The van der Waals surface area contributed by atoms with Crippen molar-refractivity contribution in [1.29, 1.82) is 0 Å². The molecule has 2 unspecified atom stereocenters. The van der Waals surface area contributed by atoms with E-state index in [2.05, 4.69) is 13.8 Å². The summed E-state index contributed by atoms with van der Waals surface area (Å²) in [4.78, 5) is 24.5. The monoisotopic (exact) mass is 268 g/mol. The van der Waals surface area contributed by atoms with E-state index in [1.807, 2.05) is 4.90 Å². The molecule has 18 heavy (non-hydrogen) atoms. The van der Waals surface area contributed by atoms with Gasteiger partial charge in [0.25, 0.3) is 0 Å². The lowest BCUT2D eigenvalue weighted by Gasteiger charge is -2.14. The SMILES string of the molecule is CC(=O)c1cc([N+](=O)[O-])c(N2CC(C)C(C)C2)s1. The van der Waals surface area contributed by atoms with Crippen LogP contribution in [0.4, 0.5) is 10.7 Å². The number of nitro groups is 1. The average Bonchev–Trinajstić information content (AvgIpc) is 2.83. The molecule has 98 valence electrons. The summed E-state index contributed by atoms with van der Waals surface area (Å²) in [6.45, 7) is 7.38. The molecule has 1 saturated heterocycles. The van der Waals surface area contributed by atoms with Crippen LogP contribution in [0.25, 0.3) is 0 Å². The standard InChI is InChI=1S/C12H16N2O3S/c1-7-5-13(6-8(7)2)12-10(14(16)17)4-11(18-12)9(3)15/h4,7-8H,5-6H2,1-3H3. The first kappa shape index (κ1) is 13.0. The second-order valence-electron chi connectivity index (χ2n) is 4.97. The Balaban J connectivity index is 2.37. The summed E-state index contributed by atoms with van der Waals surface area (Å²) < 4.78 is 0. The van der Waals surface area contributed by atoms with Crippen LogP contribution in [-0.2, 0) is 0 Å². The molecule has 1 fully saturated rings. The van der Waals surface area contributed by atoms with E-state index in [4.69, 9.17) is 0 Å². The molecule has 1 aliphatic rings. The van der Waals surface area contributed by atoms with Crippen LogP contribution in [0.15, 0.2) is 6.07 Å². The van der Waals surface area contributed by atoms with Crippen molar-refractivity contribution in [3.63, 3.8) is 0 Å². The van der Waals surface area contributed by atoms with E-state index in [1.165, 1.54) is 24.3 Å². The maximum absolute atomic E-state index is 11.3. The van der Waals surface area contributed by atoms with Crippen molar-refractivity contribution in [3.05, 3.63) is 21.1 Å². The Morgan fingerprint density at radius 3 is 2.44 bits per heavy atom. The second-order valence-corrected chi connectivity index (χ2v) is 6.00. The maximum Gasteiger partial charge on any atom is 0.304 e. The van der Waals surface area contributed by atoms with Gasteiger partial charge in [-0.1, -0.05) is 13.8 Å². The van der Waals surface area contributed by atoms with Gasteiger partial charge in [-0.25, -0.2) is 0 Å². The number of anilines is 1. The Kier molecular flexibility index (Phi) is 3.38. The summed E-state index contributed by atoms with van der Waals surface area (Å²) >= 11 is 1.23. The first-order valence-corrected chi connectivity index (χ1v) is 6.76. The molecule has 0 bridgehead atoms. The van der Waals surface area contributed by atoms with Gasteiger partial charge in [-0.05, 0) is 18.8 Å². The highest BCUT2D eigenvalue weighted by molar-refractivity contribution is 7.18. The van der Waals surface area contributed by atoms with Crippen molar-refractivity contribution >= 4 is 27.8 Å². The molecule has 0 saturated carbocycles. The molecule has 2 heterocycles. The van der Waals surface area contributed by atoms with E-state index < -0.39 is 4.92 Å². The lowest BCUT2D eigenvalue weighted by molar-refractivity contribution is -0.383. The fourth-order valence-electron chi connectivity index (χ4n) is 2.20. The molecule has 1 aromatic rings. The quantitative estimate of drug-likeness (QED) is 0.480. The number of ketones is 1. The fraction of sp³-hybridized carbons (Fsp3) is 0.583.